The van der Waals surface area contributed by atoms with Crippen LogP contribution in [0.25, 0.3) is 0 Å². The molecule has 0 unspecified atom stereocenters. The summed E-state index contributed by atoms with van der Waals surface area (Å²) in [5.41, 5.74) is 2.25. The molecule has 2 aromatic carbocycles. The lowest BCUT2D eigenvalue weighted by Gasteiger charge is -2.11. The molecule has 0 aliphatic carbocycles. The zero-order valence-electron chi connectivity index (χ0n) is 11.8. The molecular weight excluding hydrogens is 339 g/mol. The second kappa shape index (κ2) is 7.58. The van der Waals surface area contributed by atoms with E-state index < -0.39 is 0 Å². The first-order valence-corrected chi connectivity index (χ1v) is 7.82. The second-order valence-electron chi connectivity index (χ2n) is 4.58. The molecule has 0 saturated heterocycles. The van der Waals surface area contributed by atoms with Crippen molar-refractivity contribution in [3.63, 3.8) is 0 Å². The van der Waals surface area contributed by atoms with Crippen molar-refractivity contribution in [3.8, 4) is 0 Å². The summed E-state index contributed by atoms with van der Waals surface area (Å²) in [7, 11) is 0. The molecule has 0 bridgehead atoms. The Morgan fingerprint density at radius 1 is 1.14 bits per heavy atom. The molecule has 0 fully saturated rings. The molecule has 0 atom stereocenters. The van der Waals surface area contributed by atoms with Gasteiger partial charge < -0.3 is 5.32 Å². The van der Waals surface area contributed by atoms with Gasteiger partial charge in [0, 0.05) is 10.6 Å². The second-order valence-corrected chi connectivity index (χ2v) is 5.83. The lowest BCUT2D eigenvalue weighted by atomic mass is 10.1. The van der Waals surface area contributed by atoms with Crippen LogP contribution < -0.4 is 10.6 Å². The van der Waals surface area contributed by atoms with E-state index in [1.807, 2.05) is 12.1 Å². The van der Waals surface area contributed by atoms with E-state index in [4.69, 9.17) is 35.4 Å². The van der Waals surface area contributed by atoms with Crippen molar-refractivity contribution in [1.82, 2.24) is 5.32 Å². The molecular formula is C16H14Cl2N2OS. The van der Waals surface area contributed by atoms with Gasteiger partial charge >= 0.3 is 0 Å². The first-order valence-electron chi connectivity index (χ1n) is 6.66. The smallest absolute Gasteiger partial charge is 0.257 e. The maximum atomic E-state index is 12.1. The zero-order chi connectivity index (χ0) is 16.1. The molecule has 6 heteroatoms. The van der Waals surface area contributed by atoms with Crippen LogP contribution in [-0.2, 0) is 6.42 Å². The van der Waals surface area contributed by atoms with Crippen LogP contribution in [0.4, 0.5) is 5.69 Å². The van der Waals surface area contributed by atoms with Gasteiger partial charge in [-0.1, -0.05) is 42.3 Å². The average molecular weight is 353 g/mol. The third kappa shape index (κ3) is 4.44. The molecule has 22 heavy (non-hydrogen) atoms. The van der Waals surface area contributed by atoms with Crippen LogP contribution in [0, 0.1) is 0 Å². The zero-order valence-corrected chi connectivity index (χ0v) is 14.1. The fourth-order valence-electron chi connectivity index (χ4n) is 1.81. The van der Waals surface area contributed by atoms with E-state index >= 15 is 0 Å². The van der Waals surface area contributed by atoms with Crippen molar-refractivity contribution in [2.75, 3.05) is 5.32 Å². The van der Waals surface area contributed by atoms with Gasteiger partial charge in [-0.05, 0) is 54.5 Å². The van der Waals surface area contributed by atoms with Crippen molar-refractivity contribution >= 4 is 52.1 Å². The maximum Gasteiger partial charge on any atom is 0.257 e. The normalized spacial score (nSPS) is 10.1. The Labute approximate surface area is 144 Å². The van der Waals surface area contributed by atoms with Crippen molar-refractivity contribution in [2.45, 2.75) is 13.3 Å². The standard InChI is InChI=1S/C16H14Cl2N2OS/c1-2-10-3-5-11(6-4-10)15(21)20-16(22)19-14-9-12(17)7-8-13(14)18/h3-9H,2H2,1H3,(H2,19,20,21,22). The minimum Gasteiger partial charge on any atom is -0.331 e. The van der Waals surface area contributed by atoms with Gasteiger partial charge in [-0.2, -0.15) is 0 Å². The first-order chi connectivity index (χ1) is 10.5. The van der Waals surface area contributed by atoms with E-state index in [0.717, 1.165) is 6.42 Å². The number of rotatable bonds is 3. The number of aryl methyl sites for hydroxylation is 1. The van der Waals surface area contributed by atoms with Crippen LogP contribution in [0.2, 0.25) is 10.0 Å². The van der Waals surface area contributed by atoms with Crippen LogP contribution >= 0.6 is 35.4 Å². The molecule has 2 aromatic rings. The number of nitrogens with one attached hydrogen (secondary N) is 2. The summed E-state index contributed by atoms with van der Waals surface area (Å²) >= 11 is 17.1. The number of anilines is 1. The van der Waals surface area contributed by atoms with Gasteiger partial charge in [0.15, 0.2) is 5.11 Å². The highest BCUT2D eigenvalue weighted by Gasteiger charge is 2.09. The lowest BCUT2D eigenvalue weighted by molar-refractivity contribution is 0.0977. The summed E-state index contributed by atoms with van der Waals surface area (Å²) < 4.78 is 0. The van der Waals surface area contributed by atoms with Gasteiger partial charge in [0.25, 0.3) is 5.91 Å². The minimum absolute atomic E-state index is 0.161. The summed E-state index contributed by atoms with van der Waals surface area (Å²) in [6.45, 7) is 2.06. The minimum atomic E-state index is -0.279. The first kappa shape index (κ1) is 16.7. The Bertz CT molecular complexity index is 702. The Hall–Kier alpha value is -1.62. The van der Waals surface area contributed by atoms with Crippen LogP contribution in [0.5, 0.6) is 0 Å². The number of amides is 1. The Kier molecular flexibility index (Phi) is 5.77. The molecule has 0 heterocycles. The van der Waals surface area contributed by atoms with E-state index in [-0.39, 0.29) is 11.0 Å². The molecule has 0 aliphatic heterocycles. The van der Waals surface area contributed by atoms with Crippen molar-refractivity contribution in [1.29, 1.82) is 0 Å². The molecule has 114 valence electrons. The average Bonchev–Trinajstić information content (AvgIpc) is 2.51. The molecule has 0 radical (unpaired) electrons. The summed E-state index contributed by atoms with van der Waals surface area (Å²) in [5, 5.41) is 6.62. The molecule has 2 rings (SSSR count). The lowest BCUT2D eigenvalue weighted by Crippen LogP contribution is -2.34. The van der Waals surface area contributed by atoms with E-state index in [0.29, 0.717) is 21.3 Å². The number of thiocarbonyl (C=S) groups is 1. The third-order valence-electron chi connectivity index (χ3n) is 3.03. The highest BCUT2D eigenvalue weighted by molar-refractivity contribution is 7.80. The molecule has 2 N–H and O–H groups in total. The quantitative estimate of drug-likeness (QED) is 0.787. The highest BCUT2D eigenvalue weighted by atomic mass is 35.5. The van der Waals surface area contributed by atoms with Crippen molar-refractivity contribution in [3.05, 3.63) is 63.6 Å². The summed E-state index contributed by atoms with van der Waals surface area (Å²) in [4.78, 5) is 12.1. The number of hydrogen-bond acceptors (Lipinski definition) is 2. The Morgan fingerprint density at radius 2 is 1.82 bits per heavy atom. The van der Waals surface area contributed by atoms with Gasteiger partial charge in [-0.3, -0.25) is 10.1 Å². The van der Waals surface area contributed by atoms with E-state index in [2.05, 4.69) is 17.6 Å². The van der Waals surface area contributed by atoms with E-state index in [9.17, 15) is 4.79 Å². The molecule has 0 spiro atoms. The maximum absolute atomic E-state index is 12.1. The fraction of sp³-hybridized carbons (Fsp3) is 0.125. The predicted molar refractivity (Wildman–Crippen MR) is 96.0 cm³/mol. The summed E-state index contributed by atoms with van der Waals surface area (Å²) in [6.07, 6.45) is 0.926. The predicted octanol–water partition coefficient (Wildman–Crippen LogP) is 4.68. The Balaban J connectivity index is 2.01. The van der Waals surface area contributed by atoms with Gasteiger partial charge in [0.1, 0.15) is 0 Å². The molecule has 1 amide bonds. The van der Waals surface area contributed by atoms with Crippen LogP contribution in [0.1, 0.15) is 22.8 Å². The summed E-state index contributed by atoms with van der Waals surface area (Å²) in [5.74, 6) is -0.279. The van der Waals surface area contributed by atoms with E-state index in [1.54, 1.807) is 30.3 Å². The topological polar surface area (TPSA) is 41.1 Å². The van der Waals surface area contributed by atoms with Crippen LogP contribution in [0.3, 0.4) is 0 Å². The summed E-state index contributed by atoms with van der Waals surface area (Å²) in [6, 6.07) is 12.3. The van der Waals surface area contributed by atoms with Gasteiger partial charge in [-0.25, -0.2) is 0 Å². The Morgan fingerprint density at radius 3 is 2.45 bits per heavy atom. The molecule has 0 aromatic heterocycles. The number of carbonyl (C=O) groups is 1. The SMILES string of the molecule is CCc1ccc(C(=O)NC(=S)Nc2cc(Cl)ccc2Cl)cc1. The third-order valence-corrected chi connectivity index (χ3v) is 3.80. The number of carbonyl (C=O) groups excluding carboxylic acids is 1. The largest absolute Gasteiger partial charge is 0.331 e. The number of hydrogen-bond donors (Lipinski definition) is 2. The van der Waals surface area contributed by atoms with Crippen molar-refractivity contribution < 1.29 is 4.79 Å². The van der Waals surface area contributed by atoms with Crippen LogP contribution in [-0.4, -0.2) is 11.0 Å². The van der Waals surface area contributed by atoms with E-state index in [1.165, 1.54) is 5.56 Å². The van der Waals surface area contributed by atoms with Gasteiger partial charge in [0.05, 0.1) is 10.7 Å². The number of halogens is 2. The molecule has 3 nitrogen and oxygen atoms in total. The highest BCUT2D eigenvalue weighted by Crippen LogP contribution is 2.25. The van der Waals surface area contributed by atoms with Gasteiger partial charge in [0.2, 0.25) is 0 Å². The number of benzene rings is 2. The fourth-order valence-corrected chi connectivity index (χ4v) is 2.35. The molecule has 0 saturated carbocycles. The van der Waals surface area contributed by atoms with Crippen LogP contribution in [0.15, 0.2) is 42.5 Å². The molecule has 0 aliphatic rings. The van der Waals surface area contributed by atoms with Crippen molar-refractivity contribution in [2.24, 2.45) is 0 Å². The monoisotopic (exact) mass is 352 g/mol. The van der Waals surface area contributed by atoms with Gasteiger partial charge in [-0.15, -0.1) is 0 Å².